The van der Waals surface area contributed by atoms with Crippen LogP contribution in [0.25, 0.3) is 0 Å². The van der Waals surface area contributed by atoms with Crippen molar-refractivity contribution in [2.45, 2.75) is 33.1 Å². The lowest BCUT2D eigenvalue weighted by atomic mass is 9.85. The maximum absolute atomic E-state index is 12.5. The van der Waals surface area contributed by atoms with Crippen molar-refractivity contribution in [3.63, 3.8) is 0 Å². The highest BCUT2D eigenvalue weighted by molar-refractivity contribution is 9.10. The van der Waals surface area contributed by atoms with Crippen molar-refractivity contribution in [2.75, 3.05) is 18.8 Å². The third-order valence-corrected chi connectivity index (χ3v) is 4.56. The van der Waals surface area contributed by atoms with E-state index in [0.717, 1.165) is 30.4 Å². The topological polar surface area (TPSA) is 46.3 Å². The van der Waals surface area contributed by atoms with Crippen molar-refractivity contribution in [1.29, 1.82) is 0 Å². The smallest absolute Gasteiger partial charge is 0.253 e. The van der Waals surface area contributed by atoms with E-state index >= 15 is 0 Å². The Labute approximate surface area is 123 Å². The lowest BCUT2D eigenvalue weighted by Crippen LogP contribution is -2.32. The first-order valence-corrected chi connectivity index (χ1v) is 7.53. The van der Waals surface area contributed by atoms with Gasteiger partial charge in [-0.25, -0.2) is 0 Å². The van der Waals surface area contributed by atoms with Gasteiger partial charge in [0.25, 0.3) is 5.91 Å². The standard InChI is InChI=1S/C15H21BrN2O/c1-15(2)6-3-8-18(9-7-15)14(19)11-4-5-13(17)12(16)10-11/h4-5,10H,3,6-9,17H2,1-2H3. The van der Waals surface area contributed by atoms with Crippen LogP contribution in [0.1, 0.15) is 43.5 Å². The van der Waals surface area contributed by atoms with Crippen LogP contribution < -0.4 is 5.73 Å². The molecule has 0 atom stereocenters. The summed E-state index contributed by atoms with van der Waals surface area (Å²) < 4.78 is 0.786. The van der Waals surface area contributed by atoms with Crippen LogP contribution in [0.2, 0.25) is 0 Å². The maximum atomic E-state index is 12.5. The van der Waals surface area contributed by atoms with Gasteiger partial charge in [-0.15, -0.1) is 0 Å². The monoisotopic (exact) mass is 324 g/mol. The Bertz CT molecular complexity index is 485. The number of nitrogens with two attached hydrogens (primary N) is 1. The zero-order valence-electron chi connectivity index (χ0n) is 11.6. The van der Waals surface area contributed by atoms with E-state index in [-0.39, 0.29) is 5.91 Å². The van der Waals surface area contributed by atoms with Gasteiger partial charge in [0, 0.05) is 28.8 Å². The number of likely N-dealkylation sites (tertiary alicyclic amines) is 1. The lowest BCUT2D eigenvalue weighted by Gasteiger charge is -2.23. The molecule has 1 amide bonds. The molecule has 1 aromatic rings. The van der Waals surface area contributed by atoms with Crippen LogP contribution in [0.4, 0.5) is 5.69 Å². The number of benzene rings is 1. The first-order valence-electron chi connectivity index (χ1n) is 6.73. The van der Waals surface area contributed by atoms with Crippen molar-refractivity contribution >= 4 is 27.5 Å². The predicted octanol–water partition coefficient (Wildman–Crippen LogP) is 3.68. The average molecular weight is 325 g/mol. The molecule has 104 valence electrons. The summed E-state index contributed by atoms with van der Waals surface area (Å²) in [5, 5.41) is 0. The zero-order chi connectivity index (χ0) is 14.0. The summed E-state index contributed by atoms with van der Waals surface area (Å²) in [5.41, 5.74) is 7.47. The fraction of sp³-hybridized carbons (Fsp3) is 0.533. The number of carbonyl (C=O) groups is 1. The summed E-state index contributed by atoms with van der Waals surface area (Å²) in [5.74, 6) is 0.110. The van der Waals surface area contributed by atoms with Crippen LogP contribution in [-0.4, -0.2) is 23.9 Å². The second kappa shape index (κ2) is 5.53. The van der Waals surface area contributed by atoms with Crippen LogP contribution >= 0.6 is 15.9 Å². The highest BCUT2D eigenvalue weighted by Gasteiger charge is 2.26. The van der Waals surface area contributed by atoms with Gasteiger partial charge >= 0.3 is 0 Å². The van der Waals surface area contributed by atoms with Crippen molar-refractivity contribution < 1.29 is 4.79 Å². The molecule has 1 aliphatic heterocycles. The van der Waals surface area contributed by atoms with Gasteiger partial charge < -0.3 is 10.6 Å². The molecule has 0 saturated carbocycles. The fourth-order valence-electron chi connectivity index (χ4n) is 2.47. The number of halogens is 1. The van der Waals surface area contributed by atoms with Crippen LogP contribution in [-0.2, 0) is 0 Å². The summed E-state index contributed by atoms with van der Waals surface area (Å²) in [6.45, 7) is 6.25. The number of anilines is 1. The number of amides is 1. The maximum Gasteiger partial charge on any atom is 0.253 e. The van der Waals surface area contributed by atoms with Gasteiger partial charge in [-0.1, -0.05) is 13.8 Å². The molecular weight excluding hydrogens is 304 g/mol. The van der Waals surface area contributed by atoms with Gasteiger partial charge in [0.15, 0.2) is 0 Å². The van der Waals surface area contributed by atoms with Crippen LogP contribution in [0.3, 0.4) is 0 Å². The van der Waals surface area contributed by atoms with Crippen molar-refractivity contribution in [3.8, 4) is 0 Å². The van der Waals surface area contributed by atoms with E-state index < -0.39 is 0 Å². The Balaban J connectivity index is 2.13. The highest BCUT2D eigenvalue weighted by atomic mass is 79.9. The molecule has 2 N–H and O–H groups in total. The highest BCUT2D eigenvalue weighted by Crippen LogP contribution is 2.30. The summed E-state index contributed by atoms with van der Waals surface area (Å²) in [6.07, 6.45) is 3.33. The second-order valence-corrected chi connectivity index (χ2v) is 6.90. The second-order valence-electron chi connectivity index (χ2n) is 6.05. The molecule has 3 nitrogen and oxygen atoms in total. The number of nitrogens with zero attached hydrogens (tertiary/aromatic N) is 1. The van der Waals surface area contributed by atoms with Gasteiger partial charge in [-0.05, 0) is 58.8 Å². The molecule has 0 radical (unpaired) electrons. The molecule has 2 rings (SSSR count). The van der Waals surface area contributed by atoms with Gasteiger partial charge in [0.1, 0.15) is 0 Å². The van der Waals surface area contributed by atoms with Gasteiger partial charge in [0.2, 0.25) is 0 Å². The molecular formula is C15H21BrN2O. The normalized spacial score (nSPS) is 19.0. The minimum absolute atomic E-state index is 0.110. The Hall–Kier alpha value is -1.03. The average Bonchev–Trinajstić information content (AvgIpc) is 2.53. The number of hydrogen-bond acceptors (Lipinski definition) is 2. The van der Waals surface area contributed by atoms with E-state index in [9.17, 15) is 4.79 Å². The van der Waals surface area contributed by atoms with Crippen LogP contribution in [0.15, 0.2) is 22.7 Å². The SMILES string of the molecule is CC1(C)CCCN(C(=O)c2ccc(N)c(Br)c2)CC1. The predicted molar refractivity (Wildman–Crippen MR) is 82.1 cm³/mol. The molecule has 0 aliphatic carbocycles. The summed E-state index contributed by atoms with van der Waals surface area (Å²) in [6, 6.07) is 5.39. The number of rotatable bonds is 1. The molecule has 1 aliphatic rings. The van der Waals surface area contributed by atoms with Crippen molar-refractivity contribution in [1.82, 2.24) is 4.90 Å². The van der Waals surface area contributed by atoms with Gasteiger partial charge in [-0.3, -0.25) is 4.79 Å². The zero-order valence-corrected chi connectivity index (χ0v) is 13.2. The first-order chi connectivity index (χ1) is 8.89. The molecule has 19 heavy (non-hydrogen) atoms. The van der Waals surface area contributed by atoms with E-state index in [1.807, 2.05) is 11.0 Å². The van der Waals surface area contributed by atoms with Gasteiger partial charge in [-0.2, -0.15) is 0 Å². The lowest BCUT2D eigenvalue weighted by molar-refractivity contribution is 0.0757. The van der Waals surface area contributed by atoms with Gasteiger partial charge in [0.05, 0.1) is 0 Å². The molecule has 0 aromatic heterocycles. The van der Waals surface area contributed by atoms with Crippen LogP contribution in [0, 0.1) is 5.41 Å². The molecule has 0 unspecified atom stereocenters. The quantitative estimate of drug-likeness (QED) is 0.801. The Morgan fingerprint density at radius 2 is 2.05 bits per heavy atom. The van der Waals surface area contributed by atoms with Crippen LogP contribution in [0.5, 0.6) is 0 Å². The first kappa shape index (κ1) is 14.4. The molecule has 0 bridgehead atoms. The Kier molecular flexibility index (Phi) is 4.19. The minimum Gasteiger partial charge on any atom is -0.398 e. The van der Waals surface area contributed by atoms with Crippen molar-refractivity contribution in [3.05, 3.63) is 28.2 Å². The molecule has 1 saturated heterocycles. The van der Waals surface area contributed by atoms with E-state index in [4.69, 9.17) is 5.73 Å². The summed E-state index contributed by atoms with van der Waals surface area (Å²) >= 11 is 3.38. The van der Waals surface area contributed by atoms with E-state index in [0.29, 0.717) is 16.7 Å². The largest absolute Gasteiger partial charge is 0.398 e. The number of hydrogen-bond donors (Lipinski definition) is 1. The molecule has 1 fully saturated rings. The Morgan fingerprint density at radius 3 is 2.74 bits per heavy atom. The molecule has 0 spiro atoms. The van der Waals surface area contributed by atoms with E-state index in [1.54, 1.807) is 12.1 Å². The van der Waals surface area contributed by atoms with Crippen molar-refractivity contribution in [2.24, 2.45) is 5.41 Å². The summed E-state index contributed by atoms with van der Waals surface area (Å²) in [7, 11) is 0. The molecule has 4 heteroatoms. The van der Waals surface area contributed by atoms with E-state index in [2.05, 4.69) is 29.8 Å². The van der Waals surface area contributed by atoms with E-state index in [1.165, 1.54) is 6.42 Å². The number of carbonyl (C=O) groups excluding carboxylic acids is 1. The minimum atomic E-state index is 0.110. The molecule has 1 aromatic carbocycles. The Morgan fingerprint density at radius 1 is 1.32 bits per heavy atom. The third kappa shape index (κ3) is 3.50. The summed E-state index contributed by atoms with van der Waals surface area (Å²) in [4.78, 5) is 14.5. The fourth-order valence-corrected chi connectivity index (χ4v) is 2.85. The third-order valence-electron chi connectivity index (χ3n) is 3.87. The number of nitrogen functional groups attached to an aromatic ring is 1. The molecule has 1 heterocycles.